The Balaban J connectivity index is 2.06. The zero-order valence-corrected chi connectivity index (χ0v) is 11.4. The summed E-state index contributed by atoms with van der Waals surface area (Å²) in [5.41, 5.74) is 1.74. The van der Waals surface area contributed by atoms with E-state index in [4.69, 9.17) is 4.42 Å². The summed E-state index contributed by atoms with van der Waals surface area (Å²) in [6.45, 7) is 5.90. The van der Waals surface area contributed by atoms with Crippen LogP contribution in [-0.4, -0.2) is 18.1 Å². The lowest BCUT2D eigenvalue weighted by Crippen LogP contribution is -2.17. The van der Waals surface area contributed by atoms with Gasteiger partial charge in [-0.3, -0.25) is 0 Å². The van der Waals surface area contributed by atoms with Gasteiger partial charge in [0.05, 0.1) is 6.20 Å². The highest BCUT2D eigenvalue weighted by Gasteiger charge is 2.09. The number of nitrogens with one attached hydrogen (secondary N) is 1. The molecule has 0 bridgehead atoms. The van der Waals surface area contributed by atoms with Gasteiger partial charge in [0.2, 0.25) is 0 Å². The molecule has 0 atom stereocenters. The van der Waals surface area contributed by atoms with Crippen molar-refractivity contribution in [2.75, 3.05) is 13.1 Å². The van der Waals surface area contributed by atoms with Crippen LogP contribution in [0.15, 0.2) is 28.8 Å². The molecule has 0 aliphatic rings. The van der Waals surface area contributed by atoms with E-state index in [1.165, 1.54) is 12.1 Å². The van der Waals surface area contributed by atoms with Crippen molar-refractivity contribution in [1.82, 2.24) is 10.3 Å². The summed E-state index contributed by atoms with van der Waals surface area (Å²) in [5, 5.41) is 3.29. The van der Waals surface area contributed by atoms with Gasteiger partial charge in [0, 0.05) is 18.5 Å². The molecule has 0 saturated carbocycles. The highest BCUT2D eigenvalue weighted by atomic mass is 19.1. The number of nitrogens with zero attached hydrogens (tertiary/aromatic N) is 1. The molecule has 0 amide bonds. The second-order valence-corrected chi connectivity index (χ2v) is 4.58. The second kappa shape index (κ2) is 6.48. The maximum absolute atomic E-state index is 13.3. The van der Waals surface area contributed by atoms with Crippen molar-refractivity contribution in [3.8, 4) is 11.3 Å². The normalized spacial score (nSPS) is 10.9. The molecule has 2 rings (SSSR count). The van der Waals surface area contributed by atoms with Crippen molar-refractivity contribution in [3.63, 3.8) is 0 Å². The predicted molar refractivity (Wildman–Crippen MR) is 73.5 cm³/mol. The SMILES string of the molecule is CCCNCCc1ncc(-c2cc(F)ccc2C)o1. The van der Waals surface area contributed by atoms with Crippen LogP contribution in [0.2, 0.25) is 0 Å². The van der Waals surface area contributed by atoms with Gasteiger partial charge in [0.15, 0.2) is 11.7 Å². The van der Waals surface area contributed by atoms with Crippen molar-refractivity contribution >= 4 is 0 Å². The van der Waals surface area contributed by atoms with Crippen molar-refractivity contribution in [1.29, 1.82) is 0 Å². The predicted octanol–water partition coefficient (Wildman–Crippen LogP) is 3.33. The van der Waals surface area contributed by atoms with Crippen LogP contribution in [-0.2, 0) is 6.42 Å². The van der Waals surface area contributed by atoms with Crippen molar-refractivity contribution < 1.29 is 8.81 Å². The first-order valence-corrected chi connectivity index (χ1v) is 6.62. The minimum absolute atomic E-state index is 0.261. The third-order valence-corrected chi connectivity index (χ3v) is 2.96. The molecule has 19 heavy (non-hydrogen) atoms. The zero-order chi connectivity index (χ0) is 13.7. The number of hydrogen-bond acceptors (Lipinski definition) is 3. The summed E-state index contributed by atoms with van der Waals surface area (Å²) >= 11 is 0. The van der Waals surface area contributed by atoms with Crippen molar-refractivity contribution in [3.05, 3.63) is 41.7 Å². The van der Waals surface area contributed by atoms with E-state index < -0.39 is 0 Å². The van der Waals surface area contributed by atoms with E-state index >= 15 is 0 Å². The molecule has 0 spiro atoms. The molecule has 1 aromatic heterocycles. The van der Waals surface area contributed by atoms with Crippen LogP contribution in [0.5, 0.6) is 0 Å². The summed E-state index contributed by atoms with van der Waals surface area (Å²) in [7, 11) is 0. The minimum atomic E-state index is -0.261. The number of rotatable bonds is 6. The Kier molecular flexibility index (Phi) is 4.68. The Morgan fingerprint density at radius 3 is 2.95 bits per heavy atom. The van der Waals surface area contributed by atoms with Gasteiger partial charge in [-0.2, -0.15) is 0 Å². The number of aromatic nitrogens is 1. The Morgan fingerprint density at radius 1 is 1.32 bits per heavy atom. The Hall–Kier alpha value is -1.68. The fourth-order valence-corrected chi connectivity index (χ4v) is 1.91. The summed E-state index contributed by atoms with van der Waals surface area (Å²) in [6, 6.07) is 4.68. The third kappa shape index (κ3) is 3.64. The Morgan fingerprint density at radius 2 is 2.16 bits per heavy atom. The fraction of sp³-hybridized carbons (Fsp3) is 0.400. The molecule has 1 aromatic carbocycles. The monoisotopic (exact) mass is 262 g/mol. The van der Waals surface area contributed by atoms with Gasteiger partial charge in [-0.25, -0.2) is 9.37 Å². The van der Waals surface area contributed by atoms with Crippen LogP contribution in [0, 0.1) is 12.7 Å². The average molecular weight is 262 g/mol. The third-order valence-electron chi connectivity index (χ3n) is 2.96. The summed E-state index contributed by atoms with van der Waals surface area (Å²) in [5.74, 6) is 1.05. The molecule has 1 heterocycles. The molecule has 4 heteroatoms. The zero-order valence-electron chi connectivity index (χ0n) is 11.4. The molecule has 102 valence electrons. The molecule has 2 aromatic rings. The number of benzene rings is 1. The Bertz CT molecular complexity index is 537. The molecule has 0 aliphatic heterocycles. The van der Waals surface area contributed by atoms with E-state index in [-0.39, 0.29) is 5.82 Å². The van der Waals surface area contributed by atoms with Crippen LogP contribution in [0.3, 0.4) is 0 Å². The number of aryl methyl sites for hydroxylation is 1. The van der Waals surface area contributed by atoms with Gasteiger partial charge in [0.25, 0.3) is 0 Å². The quantitative estimate of drug-likeness (QED) is 0.811. The first kappa shape index (κ1) is 13.7. The molecular formula is C15H19FN2O. The second-order valence-electron chi connectivity index (χ2n) is 4.58. The lowest BCUT2D eigenvalue weighted by molar-refractivity contribution is 0.494. The van der Waals surface area contributed by atoms with Gasteiger partial charge in [-0.05, 0) is 37.6 Å². The number of oxazole rings is 1. The van der Waals surface area contributed by atoms with Crippen LogP contribution < -0.4 is 5.32 Å². The highest BCUT2D eigenvalue weighted by molar-refractivity contribution is 5.61. The minimum Gasteiger partial charge on any atom is -0.441 e. The highest BCUT2D eigenvalue weighted by Crippen LogP contribution is 2.25. The van der Waals surface area contributed by atoms with Gasteiger partial charge in [-0.15, -0.1) is 0 Å². The van der Waals surface area contributed by atoms with Crippen LogP contribution >= 0.6 is 0 Å². The maximum atomic E-state index is 13.3. The van der Waals surface area contributed by atoms with Gasteiger partial charge in [0.1, 0.15) is 5.82 Å². The lowest BCUT2D eigenvalue weighted by atomic mass is 10.1. The fourth-order valence-electron chi connectivity index (χ4n) is 1.91. The lowest BCUT2D eigenvalue weighted by Gasteiger charge is -2.02. The summed E-state index contributed by atoms with van der Waals surface area (Å²) in [4.78, 5) is 4.23. The smallest absolute Gasteiger partial charge is 0.196 e. The number of hydrogen-bond donors (Lipinski definition) is 1. The van der Waals surface area contributed by atoms with Gasteiger partial charge >= 0.3 is 0 Å². The first-order valence-electron chi connectivity index (χ1n) is 6.62. The Labute approximate surface area is 112 Å². The molecular weight excluding hydrogens is 243 g/mol. The summed E-state index contributed by atoms with van der Waals surface area (Å²) in [6.07, 6.45) is 3.52. The van der Waals surface area contributed by atoms with E-state index in [2.05, 4.69) is 17.2 Å². The average Bonchev–Trinajstić information content (AvgIpc) is 2.86. The van der Waals surface area contributed by atoms with Crippen LogP contribution in [0.1, 0.15) is 24.8 Å². The molecule has 0 saturated heterocycles. The van der Waals surface area contributed by atoms with E-state index in [9.17, 15) is 4.39 Å². The molecule has 0 aliphatic carbocycles. The van der Waals surface area contributed by atoms with Gasteiger partial charge < -0.3 is 9.73 Å². The van der Waals surface area contributed by atoms with E-state index in [1.54, 1.807) is 12.3 Å². The topological polar surface area (TPSA) is 38.1 Å². The van der Waals surface area contributed by atoms with Crippen molar-refractivity contribution in [2.24, 2.45) is 0 Å². The van der Waals surface area contributed by atoms with Gasteiger partial charge in [-0.1, -0.05) is 13.0 Å². The van der Waals surface area contributed by atoms with E-state index in [1.807, 2.05) is 6.92 Å². The van der Waals surface area contributed by atoms with E-state index in [0.29, 0.717) is 11.7 Å². The largest absolute Gasteiger partial charge is 0.441 e. The molecule has 0 fully saturated rings. The summed E-state index contributed by atoms with van der Waals surface area (Å²) < 4.78 is 18.9. The van der Waals surface area contributed by atoms with Crippen LogP contribution in [0.4, 0.5) is 4.39 Å². The maximum Gasteiger partial charge on any atom is 0.196 e. The molecule has 0 radical (unpaired) electrons. The van der Waals surface area contributed by atoms with E-state index in [0.717, 1.165) is 37.1 Å². The van der Waals surface area contributed by atoms with Crippen LogP contribution in [0.25, 0.3) is 11.3 Å². The molecule has 1 N–H and O–H groups in total. The molecule has 3 nitrogen and oxygen atoms in total. The standard InChI is InChI=1S/C15H19FN2O/c1-3-7-17-8-6-15-18-10-14(19-15)13-9-12(16)5-4-11(13)2/h4-5,9-10,17H,3,6-8H2,1-2H3. The van der Waals surface area contributed by atoms with Crippen molar-refractivity contribution in [2.45, 2.75) is 26.7 Å². The first-order chi connectivity index (χ1) is 9.20. The number of halogens is 1. The molecule has 0 unspecified atom stereocenters.